The Morgan fingerprint density at radius 3 is 2.41 bits per heavy atom. The lowest BCUT2D eigenvalue weighted by Gasteiger charge is -2.33. The molecule has 2 aliphatic rings. The van der Waals surface area contributed by atoms with Crippen molar-refractivity contribution in [1.82, 2.24) is 9.21 Å². The summed E-state index contributed by atoms with van der Waals surface area (Å²) in [5, 5.41) is 0. The molecule has 1 fully saturated rings. The summed E-state index contributed by atoms with van der Waals surface area (Å²) in [5.74, 6) is 0.642. The molecule has 27 heavy (non-hydrogen) atoms. The number of methoxy groups -OCH3 is 1. The second-order valence-corrected chi connectivity index (χ2v) is 9.86. The Kier molecular flexibility index (Phi) is 4.96. The highest BCUT2D eigenvalue weighted by Gasteiger charge is 2.31. The number of amides is 1. The molecule has 1 aliphatic carbocycles. The van der Waals surface area contributed by atoms with E-state index in [1.54, 1.807) is 47.6 Å². The van der Waals surface area contributed by atoms with Crippen molar-refractivity contribution in [2.45, 2.75) is 24.2 Å². The number of thiophene rings is 1. The zero-order valence-corrected chi connectivity index (χ0v) is 16.8. The number of fused-ring (bicyclic) bond motifs is 1. The maximum atomic E-state index is 12.8. The van der Waals surface area contributed by atoms with E-state index in [1.165, 1.54) is 21.2 Å². The second kappa shape index (κ2) is 7.26. The number of carbonyl (C=O) groups excluding carboxylic acids is 1. The van der Waals surface area contributed by atoms with Crippen LogP contribution in [0.2, 0.25) is 0 Å². The number of hydrogen-bond donors (Lipinski definition) is 0. The van der Waals surface area contributed by atoms with Gasteiger partial charge in [0.1, 0.15) is 5.75 Å². The summed E-state index contributed by atoms with van der Waals surface area (Å²) in [6, 6.07) is 8.42. The molecule has 0 unspecified atom stereocenters. The number of rotatable bonds is 4. The first kappa shape index (κ1) is 18.5. The van der Waals surface area contributed by atoms with Crippen LogP contribution < -0.4 is 4.74 Å². The number of benzene rings is 1. The van der Waals surface area contributed by atoms with E-state index in [9.17, 15) is 13.2 Å². The van der Waals surface area contributed by atoms with Crippen molar-refractivity contribution in [1.29, 1.82) is 0 Å². The van der Waals surface area contributed by atoms with Crippen LogP contribution >= 0.6 is 11.3 Å². The molecule has 2 aromatic rings. The Morgan fingerprint density at radius 1 is 1.07 bits per heavy atom. The maximum absolute atomic E-state index is 12.8. The number of piperazine rings is 1. The minimum atomic E-state index is -3.56. The van der Waals surface area contributed by atoms with E-state index < -0.39 is 10.0 Å². The van der Waals surface area contributed by atoms with Crippen molar-refractivity contribution in [3.8, 4) is 5.75 Å². The molecular weight excluding hydrogens is 384 g/mol. The summed E-state index contributed by atoms with van der Waals surface area (Å²) in [6.07, 6.45) is 3.31. The van der Waals surface area contributed by atoms with Crippen LogP contribution in [0.25, 0.3) is 0 Å². The lowest BCUT2D eigenvalue weighted by Crippen LogP contribution is -2.50. The van der Waals surface area contributed by atoms with Crippen molar-refractivity contribution in [2.75, 3.05) is 33.3 Å². The van der Waals surface area contributed by atoms with Crippen molar-refractivity contribution in [3.05, 3.63) is 45.6 Å². The zero-order valence-electron chi connectivity index (χ0n) is 15.2. The van der Waals surface area contributed by atoms with Crippen LogP contribution in [0.15, 0.2) is 35.2 Å². The first-order valence-corrected chi connectivity index (χ1v) is 11.3. The van der Waals surface area contributed by atoms with Crippen molar-refractivity contribution in [2.24, 2.45) is 0 Å². The van der Waals surface area contributed by atoms with E-state index in [2.05, 4.69) is 0 Å². The van der Waals surface area contributed by atoms with Crippen LogP contribution in [0.3, 0.4) is 0 Å². The quantitative estimate of drug-likeness (QED) is 0.782. The van der Waals surface area contributed by atoms with Gasteiger partial charge in [-0.15, -0.1) is 11.3 Å². The molecular formula is C19H22N2O4S2. The molecule has 0 N–H and O–H groups in total. The molecule has 0 radical (unpaired) electrons. The lowest BCUT2D eigenvalue weighted by atomic mass is 10.2. The molecule has 4 rings (SSSR count). The summed E-state index contributed by atoms with van der Waals surface area (Å²) in [4.78, 5) is 16.9. The zero-order chi connectivity index (χ0) is 19.0. The average molecular weight is 407 g/mol. The smallest absolute Gasteiger partial charge is 0.264 e. The minimum absolute atomic E-state index is 0.0240. The van der Waals surface area contributed by atoms with Gasteiger partial charge in [0.25, 0.3) is 5.91 Å². The molecule has 8 heteroatoms. The van der Waals surface area contributed by atoms with Crippen molar-refractivity contribution in [3.63, 3.8) is 0 Å². The number of aryl methyl sites for hydroxylation is 2. The molecule has 0 saturated carbocycles. The molecule has 1 aromatic heterocycles. The fourth-order valence-corrected chi connectivity index (χ4v) is 6.26. The van der Waals surface area contributed by atoms with Crippen molar-refractivity contribution >= 4 is 27.3 Å². The van der Waals surface area contributed by atoms with Crippen LogP contribution in [0.1, 0.15) is 26.5 Å². The third-order valence-electron chi connectivity index (χ3n) is 5.18. The Labute approximate surface area is 163 Å². The Hall–Kier alpha value is -1.90. The number of ether oxygens (including phenoxy) is 1. The lowest BCUT2D eigenvalue weighted by molar-refractivity contribution is 0.0702. The SMILES string of the molecule is COc1ccc(S(=O)(=O)N2CCN(C(=O)c3cc4c(s3)CCC4)CC2)cc1. The normalized spacial score (nSPS) is 17.7. The van der Waals surface area contributed by atoms with Gasteiger partial charge in [-0.2, -0.15) is 4.31 Å². The number of sulfonamides is 1. The van der Waals surface area contributed by atoms with Gasteiger partial charge in [0.2, 0.25) is 10.0 Å². The Balaban J connectivity index is 1.42. The average Bonchev–Trinajstić information content (AvgIpc) is 3.30. The number of hydrogen-bond acceptors (Lipinski definition) is 5. The summed E-state index contributed by atoms with van der Waals surface area (Å²) in [5.41, 5.74) is 1.31. The highest BCUT2D eigenvalue weighted by Crippen LogP contribution is 2.31. The molecule has 6 nitrogen and oxygen atoms in total. The van der Waals surface area contributed by atoms with Crippen LogP contribution in [0, 0.1) is 0 Å². The fourth-order valence-electron chi connectivity index (χ4n) is 3.62. The summed E-state index contributed by atoms with van der Waals surface area (Å²) in [7, 11) is -2.01. The molecule has 1 amide bonds. The molecule has 0 bridgehead atoms. The van der Waals surface area contributed by atoms with Crippen LogP contribution in [0.5, 0.6) is 5.75 Å². The van der Waals surface area contributed by atoms with Gasteiger partial charge in [0.05, 0.1) is 16.9 Å². The number of nitrogens with zero attached hydrogens (tertiary/aromatic N) is 2. The van der Waals surface area contributed by atoms with E-state index in [4.69, 9.17) is 4.74 Å². The van der Waals surface area contributed by atoms with E-state index in [-0.39, 0.29) is 10.8 Å². The highest BCUT2D eigenvalue weighted by molar-refractivity contribution is 7.89. The van der Waals surface area contributed by atoms with Gasteiger partial charge in [-0.1, -0.05) is 0 Å². The van der Waals surface area contributed by atoms with Gasteiger partial charge in [-0.3, -0.25) is 4.79 Å². The topological polar surface area (TPSA) is 66.9 Å². The summed E-state index contributed by atoms with van der Waals surface area (Å²) >= 11 is 1.60. The third kappa shape index (κ3) is 3.49. The van der Waals surface area contributed by atoms with Gasteiger partial charge < -0.3 is 9.64 Å². The number of carbonyl (C=O) groups is 1. The molecule has 0 atom stereocenters. The van der Waals surface area contributed by atoms with E-state index in [0.29, 0.717) is 31.9 Å². The van der Waals surface area contributed by atoms with E-state index in [0.717, 1.165) is 17.7 Å². The Bertz CT molecular complexity index is 921. The van der Waals surface area contributed by atoms with Gasteiger partial charge in [0.15, 0.2) is 0 Å². The predicted octanol–water partition coefficient (Wildman–Crippen LogP) is 2.39. The molecule has 144 valence electrons. The predicted molar refractivity (Wildman–Crippen MR) is 104 cm³/mol. The first-order chi connectivity index (χ1) is 13.0. The standard InChI is InChI=1S/C19H22N2O4S2/c1-25-15-5-7-16(8-6-15)27(23,24)21-11-9-20(10-12-21)19(22)18-13-14-3-2-4-17(14)26-18/h5-8,13H,2-4,9-12H2,1H3. The van der Waals surface area contributed by atoms with Crippen LogP contribution in [0.4, 0.5) is 0 Å². The molecule has 2 heterocycles. The van der Waals surface area contributed by atoms with Gasteiger partial charge in [-0.25, -0.2) is 8.42 Å². The van der Waals surface area contributed by atoms with Gasteiger partial charge in [-0.05, 0) is 55.2 Å². The van der Waals surface area contributed by atoms with Crippen LogP contribution in [-0.4, -0.2) is 56.8 Å². The molecule has 0 spiro atoms. The van der Waals surface area contributed by atoms with E-state index in [1.807, 2.05) is 6.07 Å². The Morgan fingerprint density at radius 2 is 1.78 bits per heavy atom. The van der Waals surface area contributed by atoms with Crippen molar-refractivity contribution < 1.29 is 17.9 Å². The summed E-state index contributed by atoms with van der Waals surface area (Å²) < 4.78 is 32.2. The second-order valence-electron chi connectivity index (χ2n) is 6.78. The molecule has 1 saturated heterocycles. The monoisotopic (exact) mass is 406 g/mol. The molecule has 1 aliphatic heterocycles. The molecule has 1 aromatic carbocycles. The first-order valence-electron chi connectivity index (χ1n) is 9.04. The maximum Gasteiger partial charge on any atom is 0.264 e. The third-order valence-corrected chi connectivity index (χ3v) is 8.32. The van der Waals surface area contributed by atoms with Gasteiger partial charge >= 0.3 is 0 Å². The minimum Gasteiger partial charge on any atom is -0.497 e. The fraction of sp³-hybridized carbons (Fsp3) is 0.421. The largest absolute Gasteiger partial charge is 0.497 e. The van der Waals surface area contributed by atoms with Crippen LogP contribution in [-0.2, 0) is 22.9 Å². The highest BCUT2D eigenvalue weighted by atomic mass is 32.2. The van der Waals surface area contributed by atoms with E-state index >= 15 is 0 Å². The van der Waals surface area contributed by atoms with Gasteiger partial charge in [0, 0.05) is 31.1 Å². The summed E-state index contributed by atoms with van der Waals surface area (Å²) in [6.45, 7) is 1.45.